The topological polar surface area (TPSA) is 33.1 Å². The first kappa shape index (κ1) is 9.76. The first-order chi connectivity index (χ1) is 6.29. The zero-order chi connectivity index (χ0) is 9.68. The number of terminal acetylenes is 1. The number of aromatic nitrogens is 1. The van der Waals surface area contributed by atoms with Crippen molar-refractivity contribution >= 4 is 0 Å². The lowest BCUT2D eigenvalue weighted by atomic mass is 10.0. The van der Waals surface area contributed by atoms with Crippen LogP contribution in [0.25, 0.3) is 0 Å². The minimum absolute atomic E-state index is 0.358. The molecule has 1 rings (SSSR count). The van der Waals surface area contributed by atoms with Crippen LogP contribution in [0.2, 0.25) is 0 Å². The molecule has 0 saturated carbocycles. The molecule has 0 aromatic carbocycles. The molecule has 0 aliphatic carbocycles. The lowest BCUT2D eigenvalue weighted by Gasteiger charge is -2.11. The van der Waals surface area contributed by atoms with E-state index in [0.717, 1.165) is 17.5 Å². The van der Waals surface area contributed by atoms with Crippen LogP contribution in [0.15, 0.2) is 18.5 Å². The third-order valence-electron chi connectivity index (χ3n) is 1.99. The predicted molar refractivity (Wildman–Crippen MR) is 52.0 cm³/mol. The lowest BCUT2D eigenvalue weighted by Crippen LogP contribution is -2.01. The Hall–Kier alpha value is -1.33. The smallest absolute Gasteiger partial charge is 0.0902 e. The molecule has 13 heavy (non-hydrogen) atoms. The van der Waals surface area contributed by atoms with Crippen LogP contribution in [0.5, 0.6) is 0 Å². The second-order valence-electron chi connectivity index (χ2n) is 2.85. The van der Waals surface area contributed by atoms with Gasteiger partial charge in [-0.25, -0.2) is 0 Å². The zero-order valence-corrected chi connectivity index (χ0v) is 7.70. The van der Waals surface area contributed by atoms with E-state index in [1.807, 2.05) is 13.0 Å². The summed E-state index contributed by atoms with van der Waals surface area (Å²) >= 11 is 0. The summed E-state index contributed by atoms with van der Waals surface area (Å²) in [4.78, 5) is 4.00. The van der Waals surface area contributed by atoms with E-state index in [1.54, 1.807) is 12.4 Å². The fraction of sp³-hybridized carbons (Fsp3) is 0.364. The summed E-state index contributed by atoms with van der Waals surface area (Å²) < 4.78 is 0. The SMILES string of the molecule is C#CCC(O)c1ccncc1CC. The maximum Gasteiger partial charge on any atom is 0.0902 e. The first-order valence-corrected chi connectivity index (χ1v) is 4.34. The predicted octanol–water partition coefficient (Wildman–Crippen LogP) is 1.70. The lowest BCUT2D eigenvalue weighted by molar-refractivity contribution is 0.183. The van der Waals surface area contributed by atoms with Crippen molar-refractivity contribution in [1.82, 2.24) is 4.98 Å². The Balaban J connectivity index is 2.93. The molecule has 0 bridgehead atoms. The number of rotatable bonds is 3. The largest absolute Gasteiger partial charge is 0.387 e. The van der Waals surface area contributed by atoms with E-state index in [4.69, 9.17) is 6.42 Å². The Morgan fingerprint density at radius 3 is 3.08 bits per heavy atom. The summed E-state index contributed by atoms with van der Waals surface area (Å²) in [6.07, 6.45) is 9.25. The molecule has 2 nitrogen and oxygen atoms in total. The molecule has 1 atom stereocenters. The number of hydrogen-bond acceptors (Lipinski definition) is 2. The Labute approximate surface area is 78.6 Å². The summed E-state index contributed by atoms with van der Waals surface area (Å²) in [7, 11) is 0. The van der Waals surface area contributed by atoms with Crippen molar-refractivity contribution < 1.29 is 5.11 Å². The van der Waals surface area contributed by atoms with Crippen LogP contribution in [0.1, 0.15) is 30.6 Å². The molecule has 0 saturated heterocycles. The molecule has 1 N–H and O–H groups in total. The minimum Gasteiger partial charge on any atom is -0.387 e. The second kappa shape index (κ2) is 4.64. The van der Waals surface area contributed by atoms with Gasteiger partial charge in [-0.1, -0.05) is 6.92 Å². The Kier molecular flexibility index (Phi) is 3.48. The molecular formula is C11H13NO. The summed E-state index contributed by atoms with van der Waals surface area (Å²) in [6.45, 7) is 2.03. The molecule has 0 aliphatic rings. The number of aliphatic hydroxyl groups excluding tert-OH is 1. The number of nitrogens with zero attached hydrogens (tertiary/aromatic N) is 1. The average Bonchev–Trinajstić information content (AvgIpc) is 2.18. The summed E-state index contributed by atoms with van der Waals surface area (Å²) in [5, 5.41) is 9.66. The van der Waals surface area contributed by atoms with E-state index in [1.165, 1.54) is 0 Å². The zero-order valence-electron chi connectivity index (χ0n) is 7.70. The quantitative estimate of drug-likeness (QED) is 0.709. The molecule has 0 spiro atoms. The van der Waals surface area contributed by atoms with Crippen molar-refractivity contribution in [2.24, 2.45) is 0 Å². The fourth-order valence-corrected chi connectivity index (χ4v) is 1.28. The molecule has 1 aromatic rings. The minimum atomic E-state index is -0.553. The van der Waals surface area contributed by atoms with Gasteiger partial charge in [0.25, 0.3) is 0 Å². The van der Waals surface area contributed by atoms with Crippen LogP contribution in [0.4, 0.5) is 0 Å². The van der Waals surface area contributed by atoms with Crippen LogP contribution in [-0.4, -0.2) is 10.1 Å². The van der Waals surface area contributed by atoms with Crippen LogP contribution < -0.4 is 0 Å². The summed E-state index contributed by atoms with van der Waals surface area (Å²) in [5.74, 6) is 2.45. The second-order valence-corrected chi connectivity index (χ2v) is 2.85. The van der Waals surface area contributed by atoms with Crippen LogP contribution in [0.3, 0.4) is 0 Å². The first-order valence-electron chi connectivity index (χ1n) is 4.34. The molecule has 0 amide bonds. The number of hydrogen-bond donors (Lipinski definition) is 1. The van der Waals surface area contributed by atoms with Crippen molar-refractivity contribution in [1.29, 1.82) is 0 Å². The normalized spacial score (nSPS) is 12.1. The van der Waals surface area contributed by atoms with Gasteiger partial charge < -0.3 is 5.11 Å². The van der Waals surface area contributed by atoms with Crippen LogP contribution >= 0.6 is 0 Å². The van der Waals surface area contributed by atoms with E-state index in [2.05, 4.69) is 10.9 Å². The van der Waals surface area contributed by atoms with Gasteiger partial charge in [0.2, 0.25) is 0 Å². The number of aliphatic hydroxyl groups is 1. The van der Waals surface area contributed by atoms with Crippen molar-refractivity contribution in [3.63, 3.8) is 0 Å². The van der Waals surface area contributed by atoms with Gasteiger partial charge in [0, 0.05) is 18.8 Å². The third-order valence-corrected chi connectivity index (χ3v) is 1.99. The van der Waals surface area contributed by atoms with E-state index < -0.39 is 6.10 Å². The third kappa shape index (κ3) is 2.30. The van der Waals surface area contributed by atoms with E-state index >= 15 is 0 Å². The molecule has 1 heterocycles. The Bertz CT molecular complexity index is 314. The molecule has 68 valence electrons. The van der Waals surface area contributed by atoms with Crippen molar-refractivity contribution in [3.8, 4) is 12.3 Å². The van der Waals surface area contributed by atoms with Gasteiger partial charge in [0.05, 0.1) is 6.10 Å². The Morgan fingerprint density at radius 2 is 2.46 bits per heavy atom. The highest BCUT2D eigenvalue weighted by Gasteiger charge is 2.09. The number of pyridine rings is 1. The van der Waals surface area contributed by atoms with Gasteiger partial charge in [0.15, 0.2) is 0 Å². The van der Waals surface area contributed by atoms with Crippen molar-refractivity contribution in [2.45, 2.75) is 25.9 Å². The van der Waals surface area contributed by atoms with Gasteiger partial charge in [-0.05, 0) is 23.6 Å². The molecule has 2 heteroatoms. The number of aryl methyl sites for hydroxylation is 1. The maximum atomic E-state index is 9.66. The van der Waals surface area contributed by atoms with Gasteiger partial charge in [-0.15, -0.1) is 12.3 Å². The fourth-order valence-electron chi connectivity index (χ4n) is 1.28. The van der Waals surface area contributed by atoms with Crippen molar-refractivity contribution in [2.75, 3.05) is 0 Å². The summed E-state index contributed by atoms with van der Waals surface area (Å²) in [5.41, 5.74) is 1.96. The van der Waals surface area contributed by atoms with E-state index in [9.17, 15) is 5.11 Å². The average molecular weight is 175 g/mol. The van der Waals surface area contributed by atoms with Gasteiger partial charge >= 0.3 is 0 Å². The van der Waals surface area contributed by atoms with E-state index in [0.29, 0.717) is 6.42 Å². The van der Waals surface area contributed by atoms with E-state index in [-0.39, 0.29) is 0 Å². The highest BCUT2D eigenvalue weighted by molar-refractivity contribution is 5.26. The van der Waals surface area contributed by atoms with Gasteiger partial charge in [-0.2, -0.15) is 0 Å². The molecule has 0 fully saturated rings. The maximum absolute atomic E-state index is 9.66. The summed E-state index contributed by atoms with van der Waals surface area (Å²) in [6, 6.07) is 1.82. The van der Waals surface area contributed by atoms with Crippen LogP contribution in [-0.2, 0) is 6.42 Å². The van der Waals surface area contributed by atoms with Crippen molar-refractivity contribution in [3.05, 3.63) is 29.6 Å². The molecule has 0 radical (unpaired) electrons. The molecule has 1 aromatic heterocycles. The monoisotopic (exact) mass is 175 g/mol. The highest BCUT2D eigenvalue weighted by Crippen LogP contribution is 2.19. The molecule has 0 aliphatic heterocycles. The molecule has 1 unspecified atom stereocenters. The van der Waals surface area contributed by atoms with Gasteiger partial charge in [-0.3, -0.25) is 4.98 Å². The van der Waals surface area contributed by atoms with Gasteiger partial charge in [0.1, 0.15) is 0 Å². The standard InChI is InChI=1S/C11H13NO/c1-3-5-11(13)10-6-7-12-8-9(10)4-2/h1,6-8,11,13H,4-5H2,2H3. The molecular weight excluding hydrogens is 162 g/mol. The van der Waals surface area contributed by atoms with Crippen LogP contribution in [0, 0.1) is 12.3 Å². The highest BCUT2D eigenvalue weighted by atomic mass is 16.3. The Morgan fingerprint density at radius 1 is 1.69 bits per heavy atom.